The summed E-state index contributed by atoms with van der Waals surface area (Å²) in [6.45, 7) is 0.659. The van der Waals surface area contributed by atoms with Crippen molar-refractivity contribution in [3.05, 3.63) is 84.6 Å². The van der Waals surface area contributed by atoms with Gasteiger partial charge in [-0.1, -0.05) is 60.7 Å². The van der Waals surface area contributed by atoms with Crippen molar-refractivity contribution in [1.29, 1.82) is 0 Å². The SMILES string of the molecule is NC(=O)NCCCC[C@H](NC(=O)CCCNc1ccccn1)C(=O)NC(CC(=O)OC(=O)C(F)(F)F)c1ccc(-c2ccccc2)cc1. The summed E-state index contributed by atoms with van der Waals surface area (Å²) < 4.78 is 42.2. The number of nitrogens with two attached hydrogens (primary N) is 1. The number of pyridine rings is 1. The van der Waals surface area contributed by atoms with E-state index < -0.39 is 54.5 Å². The number of unbranched alkanes of at least 4 members (excludes halogenated alkanes) is 1. The first-order valence-corrected chi connectivity index (χ1v) is 15.2. The standard InChI is InChI=1S/C33H37F3N6O6/c34-33(35,36)31(46)48-29(44)21-26(24-16-14-23(15-17-24)22-9-2-1-3-10-22)42-30(45)25(11-4-6-19-40-32(37)47)41-28(43)13-8-20-39-27-12-5-7-18-38-27/h1-3,5,7,9-10,12,14-18,25-26H,4,6,8,11,13,19-21H2,(H,38,39)(H,41,43)(H,42,45)(H3,37,40,47)/t25-,26?/m0/s1. The Morgan fingerprint density at radius 2 is 1.50 bits per heavy atom. The average Bonchev–Trinajstić information content (AvgIpc) is 3.06. The summed E-state index contributed by atoms with van der Waals surface area (Å²) in [4.78, 5) is 65.3. The average molecular weight is 671 g/mol. The Balaban J connectivity index is 1.73. The van der Waals surface area contributed by atoms with Crippen LogP contribution in [-0.4, -0.2) is 60.1 Å². The molecule has 15 heteroatoms. The van der Waals surface area contributed by atoms with Crippen LogP contribution in [0.1, 0.15) is 50.1 Å². The molecule has 0 aliphatic heterocycles. The normalized spacial score (nSPS) is 12.2. The third-order valence-electron chi connectivity index (χ3n) is 6.97. The number of hydrogen-bond acceptors (Lipinski definition) is 8. The number of carbonyl (C=O) groups is 5. The minimum atomic E-state index is -5.39. The van der Waals surface area contributed by atoms with Gasteiger partial charge in [-0.3, -0.25) is 14.4 Å². The molecule has 0 saturated heterocycles. The van der Waals surface area contributed by atoms with Crippen LogP contribution in [0.4, 0.5) is 23.8 Å². The summed E-state index contributed by atoms with van der Waals surface area (Å²) in [5.41, 5.74) is 7.11. The van der Waals surface area contributed by atoms with Crippen LogP contribution < -0.4 is 27.0 Å². The number of hydrogen-bond donors (Lipinski definition) is 5. The maximum Gasteiger partial charge on any atom is 0.491 e. The Bertz CT molecular complexity index is 1510. The van der Waals surface area contributed by atoms with Crippen molar-refractivity contribution < 1.29 is 41.9 Å². The van der Waals surface area contributed by atoms with Crippen LogP contribution in [0.25, 0.3) is 11.1 Å². The molecule has 0 fully saturated rings. The Labute approximate surface area is 275 Å². The van der Waals surface area contributed by atoms with Crippen LogP contribution in [0.15, 0.2) is 79.0 Å². The molecule has 1 aromatic heterocycles. The lowest BCUT2D eigenvalue weighted by Crippen LogP contribution is -2.48. The second-order valence-electron chi connectivity index (χ2n) is 10.7. The number of rotatable bonds is 17. The highest BCUT2D eigenvalue weighted by Crippen LogP contribution is 2.25. The monoisotopic (exact) mass is 670 g/mol. The van der Waals surface area contributed by atoms with E-state index in [9.17, 15) is 37.1 Å². The van der Waals surface area contributed by atoms with Crippen molar-refractivity contribution >= 4 is 35.6 Å². The Hall–Kier alpha value is -5.47. The molecule has 6 N–H and O–H groups in total. The Morgan fingerprint density at radius 1 is 0.812 bits per heavy atom. The molecule has 48 heavy (non-hydrogen) atoms. The second kappa shape index (κ2) is 18.6. The van der Waals surface area contributed by atoms with Crippen molar-refractivity contribution in [2.45, 2.75) is 56.8 Å². The lowest BCUT2D eigenvalue weighted by atomic mass is 9.98. The fourth-order valence-electron chi connectivity index (χ4n) is 4.59. The highest BCUT2D eigenvalue weighted by molar-refractivity contribution is 5.90. The number of nitrogens with zero attached hydrogens (tertiary/aromatic N) is 1. The molecule has 2 aromatic carbocycles. The number of ether oxygens (including phenoxy) is 1. The zero-order valence-electron chi connectivity index (χ0n) is 25.9. The molecule has 2 atom stereocenters. The molecule has 0 aliphatic carbocycles. The zero-order chi connectivity index (χ0) is 34.9. The molecule has 0 bridgehead atoms. The molecule has 1 heterocycles. The van der Waals surface area contributed by atoms with Crippen LogP contribution in [0.2, 0.25) is 0 Å². The van der Waals surface area contributed by atoms with Gasteiger partial charge >= 0.3 is 24.1 Å². The highest BCUT2D eigenvalue weighted by atomic mass is 19.4. The second-order valence-corrected chi connectivity index (χ2v) is 10.7. The van der Waals surface area contributed by atoms with Gasteiger partial charge in [0.05, 0.1) is 12.5 Å². The van der Waals surface area contributed by atoms with Crippen LogP contribution >= 0.6 is 0 Å². The third-order valence-corrected chi connectivity index (χ3v) is 6.97. The molecule has 3 aromatic rings. The number of nitrogens with one attached hydrogen (secondary N) is 4. The van der Waals surface area contributed by atoms with Gasteiger partial charge in [-0.15, -0.1) is 0 Å². The molecule has 0 spiro atoms. The van der Waals surface area contributed by atoms with Gasteiger partial charge in [0, 0.05) is 25.7 Å². The summed E-state index contributed by atoms with van der Waals surface area (Å²) in [5.74, 6) is -4.70. The van der Waals surface area contributed by atoms with Crippen molar-refractivity contribution in [3.63, 3.8) is 0 Å². The zero-order valence-corrected chi connectivity index (χ0v) is 25.9. The van der Waals surface area contributed by atoms with Gasteiger partial charge in [-0.25, -0.2) is 14.6 Å². The number of aromatic nitrogens is 1. The molecular formula is C33H37F3N6O6. The number of anilines is 1. The van der Waals surface area contributed by atoms with E-state index in [1.54, 1.807) is 42.6 Å². The van der Waals surface area contributed by atoms with Gasteiger partial charge in [0.15, 0.2) is 0 Å². The molecule has 256 valence electrons. The van der Waals surface area contributed by atoms with E-state index in [1.807, 2.05) is 36.4 Å². The summed E-state index contributed by atoms with van der Waals surface area (Å²) in [6, 6.07) is 18.2. The fraction of sp³-hybridized carbons (Fsp3) is 0.333. The molecule has 0 aliphatic rings. The van der Waals surface area contributed by atoms with E-state index in [2.05, 4.69) is 31.0 Å². The minimum absolute atomic E-state index is 0.0586. The predicted molar refractivity (Wildman–Crippen MR) is 170 cm³/mol. The fourth-order valence-corrected chi connectivity index (χ4v) is 4.59. The van der Waals surface area contributed by atoms with Gasteiger partial charge in [-0.05, 0) is 54.5 Å². The van der Waals surface area contributed by atoms with Crippen LogP contribution in [0, 0.1) is 0 Å². The Kier molecular flexibility index (Phi) is 14.3. The number of amides is 4. The minimum Gasteiger partial charge on any atom is -0.386 e. The Morgan fingerprint density at radius 3 is 2.15 bits per heavy atom. The number of halogens is 3. The molecule has 3 rings (SSSR count). The summed E-state index contributed by atoms with van der Waals surface area (Å²) in [5, 5.41) is 10.8. The first-order valence-electron chi connectivity index (χ1n) is 15.2. The third kappa shape index (κ3) is 13.1. The van der Waals surface area contributed by atoms with Crippen LogP contribution in [0.5, 0.6) is 0 Å². The first kappa shape index (κ1) is 37.0. The van der Waals surface area contributed by atoms with Gasteiger partial charge < -0.3 is 31.7 Å². The summed E-state index contributed by atoms with van der Waals surface area (Å²) >= 11 is 0. The van der Waals surface area contributed by atoms with E-state index in [0.717, 1.165) is 11.1 Å². The largest absolute Gasteiger partial charge is 0.491 e. The number of primary amides is 1. The first-order chi connectivity index (χ1) is 22.9. The molecule has 12 nitrogen and oxygen atoms in total. The lowest BCUT2D eigenvalue weighted by molar-refractivity contribution is -0.202. The number of benzene rings is 2. The number of alkyl halides is 3. The number of carbonyl (C=O) groups excluding carboxylic acids is 5. The number of esters is 2. The van der Waals surface area contributed by atoms with Crippen molar-refractivity contribution in [3.8, 4) is 11.1 Å². The number of urea groups is 1. The predicted octanol–water partition coefficient (Wildman–Crippen LogP) is 4.14. The van der Waals surface area contributed by atoms with Crippen molar-refractivity contribution in [2.24, 2.45) is 5.73 Å². The quantitative estimate of drug-likeness (QED) is 0.0807. The van der Waals surface area contributed by atoms with E-state index in [0.29, 0.717) is 37.2 Å². The van der Waals surface area contributed by atoms with Gasteiger partial charge in [0.2, 0.25) is 11.8 Å². The smallest absolute Gasteiger partial charge is 0.386 e. The van der Waals surface area contributed by atoms with Gasteiger partial charge in [-0.2, -0.15) is 13.2 Å². The molecule has 0 saturated carbocycles. The van der Waals surface area contributed by atoms with Crippen LogP contribution in [-0.2, 0) is 23.9 Å². The molecule has 1 unspecified atom stereocenters. The molecular weight excluding hydrogens is 633 g/mol. The van der Waals surface area contributed by atoms with Gasteiger partial charge in [0.25, 0.3) is 0 Å². The summed E-state index contributed by atoms with van der Waals surface area (Å²) in [6.07, 6.45) is -3.18. The highest BCUT2D eigenvalue weighted by Gasteiger charge is 2.42. The van der Waals surface area contributed by atoms with Crippen molar-refractivity contribution in [2.75, 3.05) is 18.4 Å². The van der Waals surface area contributed by atoms with E-state index in [1.165, 1.54) is 0 Å². The summed E-state index contributed by atoms with van der Waals surface area (Å²) in [7, 11) is 0. The van der Waals surface area contributed by atoms with Crippen LogP contribution in [0.3, 0.4) is 0 Å². The van der Waals surface area contributed by atoms with E-state index in [-0.39, 0.29) is 19.4 Å². The topological polar surface area (TPSA) is 182 Å². The molecule has 0 radical (unpaired) electrons. The lowest BCUT2D eigenvalue weighted by Gasteiger charge is -2.24. The van der Waals surface area contributed by atoms with E-state index >= 15 is 0 Å². The maximum absolute atomic E-state index is 13.6. The van der Waals surface area contributed by atoms with Crippen molar-refractivity contribution in [1.82, 2.24) is 20.9 Å². The van der Waals surface area contributed by atoms with E-state index in [4.69, 9.17) is 5.73 Å². The molecule has 4 amide bonds. The maximum atomic E-state index is 13.6. The van der Waals surface area contributed by atoms with Gasteiger partial charge in [0.1, 0.15) is 11.9 Å².